The van der Waals surface area contributed by atoms with Gasteiger partial charge in [-0.05, 0) is 6.92 Å². The number of primary sulfonamides is 1. The van der Waals surface area contributed by atoms with E-state index in [1.54, 1.807) is 0 Å². The van der Waals surface area contributed by atoms with Crippen LogP contribution in [0.25, 0.3) is 0 Å². The van der Waals surface area contributed by atoms with Gasteiger partial charge in [-0.25, -0.2) is 13.6 Å². The summed E-state index contributed by atoms with van der Waals surface area (Å²) in [6.07, 6.45) is 0. The first-order valence-electron chi connectivity index (χ1n) is 2.43. The number of azo groups is 1. The third kappa shape index (κ3) is 2.01. The Bertz CT molecular complexity index is 229. The van der Waals surface area contributed by atoms with E-state index in [-0.39, 0.29) is 0 Å². The number of nitrogens with zero attached hydrogens (tertiary/aromatic N) is 2. The summed E-state index contributed by atoms with van der Waals surface area (Å²) in [5.74, 6) is 0. The molecule has 7 heteroatoms. The predicted molar refractivity (Wildman–Crippen MR) is 36.5 cm³/mol. The molecular formula is C3H10N4O2S. The van der Waals surface area contributed by atoms with Crippen LogP contribution < -0.4 is 10.9 Å². The Hall–Kier alpha value is -0.530. The van der Waals surface area contributed by atoms with Gasteiger partial charge in [0.1, 0.15) is 0 Å². The van der Waals surface area contributed by atoms with Crippen LogP contribution in [0.1, 0.15) is 6.92 Å². The maximum absolute atomic E-state index is 10.5. The summed E-state index contributed by atoms with van der Waals surface area (Å²) in [7, 11) is -2.53. The first-order chi connectivity index (χ1) is 4.31. The number of rotatable bonds is 2. The van der Waals surface area contributed by atoms with E-state index < -0.39 is 15.0 Å². The largest absolute Gasteiger partial charge is 0.292 e. The van der Waals surface area contributed by atoms with Crippen LogP contribution in [-0.2, 0) is 10.0 Å². The lowest BCUT2D eigenvalue weighted by atomic mass is 10.6. The Kier molecular flexibility index (Phi) is 2.47. The van der Waals surface area contributed by atoms with Crippen molar-refractivity contribution in [1.82, 2.24) is 0 Å². The lowest BCUT2D eigenvalue weighted by molar-refractivity contribution is 0.535. The van der Waals surface area contributed by atoms with Crippen molar-refractivity contribution in [2.24, 2.45) is 21.1 Å². The molecule has 0 radical (unpaired) electrons. The standard InChI is InChI=1S/C3H10N4O2S/c1-3(4,7-6-2)10(5,8)9/h4H2,1-2H3,(H2,5,8,9). The molecule has 10 heavy (non-hydrogen) atoms. The molecule has 60 valence electrons. The van der Waals surface area contributed by atoms with E-state index in [9.17, 15) is 8.42 Å². The Morgan fingerprint density at radius 1 is 1.50 bits per heavy atom. The van der Waals surface area contributed by atoms with Crippen molar-refractivity contribution >= 4 is 10.0 Å². The molecule has 0 aromatic heterocycles. The maximum Gasteiger partial charge on any atom is 0.250 e. The molecule has 0 aliphatic heterocycles. The van der Waals surface area contributed by atoms with Crippen molar-refractivity contribution in [3.05, 3.63) is 0 Å². The highest BCUT2D eigenvalue weighted by molar-refractivity contribution is 7.90. The fraction of sp³-hybridized carbons (Fsp3) is 1.00. The van der Waals surface area contributed by atoms with Gasteiger partial charge < -0.3 is 0 Å². The lowest BCUT2D eigenvalue weighted by Gasteiger charge is -2.13. The molecule has 0 spiro atoms. The normalized spacial score (nSPS) is 19.2. The lowest BCUT2D eigenvalue weighted by Crippen LogP contribution is -2.46. The summed E-state index contributed by atoms with van der Waals surface area (Å²) in [4.78, 5) is -1.80. The minimum Gasteiger partial charge on any atom is -0.292 e. The van der Waals surface area contributed by atoms with Gasteiger partial charge in [-0.1, -0.05) is 0 Å². The highest BCUT2D eigenvalue weighted by Crippen LogP contribution is 2.06. The van der Waals surface area contributed by atoms with E-state index in [1.807, 2.05) is 0 Å². The number of hydrogen-bond donors (Lipinski definition) is 2. The molecule has 0 aromatic rings. The van der Waals surface area contributed by atoms with Crippen LogP contribution in [0, 0.1) is 0 Å². The van der Waals surface area contributed by atoms with Gasteiger partial charge in [0.15, 0.2) is 0 Å². The highest BCUT2D eigenvalue weighted by Gasteiger charge is 2.31. The van der Waals surface area contributed by atoms with Gasteiger partial charge in [-0.2, -0.15) is 10.2 Å². The SMILES string of the molecule is CN=NC(C)(N)S(N)(=O)=O. The fourth-order valence-electron chi connectivity index (χ4n) is 0.255. The summed E-state index contributed by atoms with van der Waals surface area (Å²) in [5.41, 5.74) is 5.13. The second kappa shape index (κ2) is 2.60. The third-order valence-electron chi connectivity index (χ3n) is 0.875. The van der Waals surface area contributed by atoms with E-state index in [0.29, 0.717) is 0 Å². The van der Waals surface area contributed by atoms with Crippen LogP contribution in [0.2, 0.25) is 0 Å². The average molecular weight is 166 g/mol. The summed E-state index contributed by atoms with van der Waals surface area (Å²) in [6.45, 7) is 1.16. The number of nitrogens with two attached hydrogens (primary N) is 2. The summed E-state index contributed by atoms with van der Waals surface area (Å²) >= 11 is 0. The minimum absolute atomic E-state index is 1.16. The molecule has 0 amide bonds. The predicted octanol–water partition coefficient (Wildman–Crippen LogP) is -1.01. The third-order valence-corrected chi connectivity index (χ3v) is 2.11. The topological polar surface area (TPSA) is 111 Å². The molecule has 0 saturated carbocycles. The van der Waals surface area contributed by atoms with Crippen LogP contribution in [-0.4, -0.2) is 20.5 Å². The summed E-state index contributed by atoms with van der Waals surface area (Å²) < 4.78 is 21.1. The molecule has 0 aliphatic carbocycles. The van der Waals surface area contributed by atoms with Gasteiger partial charge >= 0.3 is 0 Å². The Morgan fingerprint density at radius 2 is 1.90 bits per heavy atom. The first-order valence-corrected chi connectivity index (χ1v) is 3.98. The molecule has 1 atom stereocenters. The fourth-order valence-corrected chi connectivity index (χ4v) is 0.451. The van der Waals surface area contributed by atoms with Crippen molar-refractivity contribution in [2.75, 3.05) is 7.05 Å². The first kappa shape index (κ1) is 9.47. The molecule has 0 aromatic carbocycles. The molecule has 1 unspecified atom stereocenters. The second-order valence-corrected chi connectivity index (χ2v) is 3.82. The maximum atomic E-state index is 10.5. The molecule has 0 saturated heterocycles. The van der Waals surface area contributed by atoms with Gasteiger partial charge in [0.05, 0.1) is 0 Å². The Labute approximate surface area is 59.4 Å². The highest BCUT2D eigenvalue weighted by atomic mass is 32.2. The minimum atomic E-state index is -3.85. The molecule has 4 N–H and O–H groups in total. The molecule has 0 bridgehead atoms. The quantitative estimate of drug-likeness (QED) is 0.512. The zero-order valence-electron chi connectivity index (χ0n) is 5.77. The molecular weight excluding hydrogens is 156 g/mol. The second-order valence-electron chi connectivity index (χ2n) is 1.90. The van der Waals surface area contributed by atoms with Gasteiger partial charge in [-0.15, -0.1) is 0 Å². The Balaban J connectivity index is 4.76. The van der Waals surface area contributed by atoms with Crippen LogP contribution in [0.5, 0.6) is 0 Å². The molecule has 0 aliphatic rings. The zero-order chi connectivity index (χ0) is 8.41. The summed E-state index contributed by atoms with van der Waals surface area (Å²) in [5, 5.41) is 11.1. The monoisotopic (exact) mass is 166 g/mol. The summed E-state index contributed by atoms with van der Waals surface area (Å²) in [6, 6.07) is 0. The Morgan fingerprint density at radius 3 is 2.00 bits per heavy atom. The van der Waals surface area contributed by atoms with E-state index in [0.717, 1.165) is 6.92 Å². The van der Waals surface area contributed by atoms with E-state index in [1.165, 1.54) is 7.05 Å². The van der Waals surface area contributed by atoms with Crippen LogP contribution >= 0.6 is 0 Å². The van der Waals surface area contributed by atoms with Crippen molar-refractivity contribution < 1.29 is 8.42 Å². The van der Waals surface area contributed by atoms with Crippen LogP contribution in [0.4, 0.5) is 0 Å². The van der Waals surface area contributed by atoms with Crippen molar-refractivity contribution in [3.63, 3.8) is 0 Å². The van der Waals surface area contributed by atoms with E-state index in [4.69, 9.17) is 10.9 Å². The number of hydrogen-bond acceptors (Lipinski definition) is 5. The van der Waals surface area contributed by atoms with Crippen molar-refractivity contribution in [3.8, 4) is 0 Å². The van der Waals surface area contributed by atoms with Gasteiger partial charge in [-0.3, -0.25) is 5.73 Å². The molecule has 0 heterocycles. The van der Waals surface area contributed by atoms with Crippen LogP contribution in [0.3, 0.4) is 0 Å². The van der Waals surface area contributed by atoms with Crippen LogP contribution in [0.15, 0.2) is 10.2 Å². The molecule has 0 fully saturated rings. The van der Waals surface area contributed by atoms with Gasteiger partial charge in [0.2, 0.25) is 15.0 Å². The zero-order valence-corrected chi connectivity index (χ0v) is 6.59. The van der Waals surface area contributed by atoms with Crippen molar-refractivity contribution in [1.29, 1.82) is 0 Å². The van der Waals surface area contributed by atoms with Crippen molar-refractivity contribution in [2.45, 2.75) is 11.9 Å². The van der Waals surface area contributed by atoms with E-state index in [2.05, 4.69) is 10.2 Å². The van der Waals surface area contributed by atoms with Gasteiger partial charge in [0, 0.05) is 7.05 Å². The number of sulfonamides is 1. The molecule has 0 rings (SSSR count). The van der Waals surface area contributed by atoms with E-state index >= 15 is 0 Å². The molecule has 6 nitrogen and oxygen atoms in total. The average Bonchev–Trinajstić information content (AvgIpc) is 1.61. The van der Waals surface area contributed by atoms with Gasteiger partial charge in [0.25, 0.3) is 0 Å². The smallest absolute Gasteiger partial charge is 0.250 e.